The van der Waals surface area contributed by atoms with Crippen LogP contribution in [0.3, 0.4) is 0 Å². The van der Waals surface area contributed by atoms with Gasteiger partial charge in [0.1, 0.15) is 5.92 Å². The standard InChI is InChI=1S/C21H18N4O/c1-12-8-9-15(13(2)10-12)17-16(11-22)20(23)26-21-18(17)19(24-25-21)14-6-4-3-5-7-14/h3-10,16-17,23H,1-2H3,(H,24,25). The average molecular weight is 342 g/mol. The van der Waals surface area contributed by atoms with E-state index in [-0.39, 0.29) is 11.8 Å². The molecule has 1 aromatic heterocycles. The number of ether oxygens (including phenoxy) is 1. The third kappa shape index (κ3) is 2.47. The number of benzene rings is 2. The molecule has 0 saturated carbocycles. The third-order valence-electron chi connectivity index (χ3n) is 4.86. The first-order chi connectivity index (χ1) is 12.6. The van der Waals surface area contributed by atoms with E-state index in [4.69, 9.17) is 10.1 Å². The van der Waals surface area contributed by atoms with E-state index in [1.165, 1.54) is 0 Å². The summed E-state index contributed by atoms with van der Waals surface area (Å²) >= 11 is 0. The molecule has 2 heterocycles. The van der Waals surface area contributed by atoms with Crippen LogP contribution in [0.2, 0.25) is 0 Å². The molecule has 3 aromatic rings. The van der Waals surface area contributed by atoms with Gasteiger partial charge in [0.05, 0.1) is 17.3 Å². The Kier molecular flexibility index (Phi) is 3.81. The number of nitrogens with one attached hydrogen (secondary N) is 2. The van der Waals surface area contributed by atoms with Crippen molar-refractivity contribution in [3.8, 4) is 23.2 Å². The number of rotatable bonds is 2. The molecule has 1 aliphatic rings. The van der Waals surface area contributed by atoms with Gasteiger partial charge in [-0.1, -0.05) is 54.1 Å². The van der Waals surface area contributed by atoms with E-state index in [2.05, 4.69) is 22.3 Å². The highest BCUT2D eigenvalue weighted by molar-refractivity contribution is 5.86. The fourth-order valence-corrected chi connectivity index (χ4v) is 3.65. The molecule has 26 heavy (non-hydrogen) atoms. The van der Waals surface area contributed by atoms with Crippen molar-refractivity contribution in [3.63, 3.8) is 0 Å². The number of aromatic nitrogens is 2. The van der Waals surface area contributed by atoms with E-state index >= 15 is 0 Å². The second-order valence-electron chi connectivity index (χ2n) is 6.59. The highest BCUT2D eigenvalue weighted by atomic mass is 16.5. The maximum atomic E-state index is 9.76. The molecule has 4 rings (SSSR count). The molecule has 128 valence electrons. The number of aromatic amines is 1. The quantitative estimate of drug-likeness (QED) is 0.726. The molecule has 2 atom stereocenters. The van der Waals surface area contributed by atoms with Gasteiger partial charge in [-0.3, -0.25) is 10.5 Å². The molecule has 0 spiro atoms. The van der Waals surface area contributed by atoms with Crippen LogP contribution in [-0.2, 0) is 0 Å². The number of aryl methyl sites for hydroxylation is 2. The summed E-state index contributed by atoms with van der Waals surface area (Å²) in [5.41, 5.74) is 5.93. The van der Waals surface area contributed by atoms with Crippen LogP contribution in [0.4, 0.5) is 0 Å². The van der Waals surface area contributed by atoms with Crippen LogP contribution in [0.15, 0.2) is 48.5 Å². The Morgan fingerprint density at radius 3 is 2.62 bits per heavy atom. The first-order valence-corrected chi connectivity index (χ1v) is 8.47. The van der Waals surface area contributed by atoms with Gasteiger partial charge in [0, 0.05) is 5.92 Å². The fourth-order valence-electron chi connectivity index (χ4n) is 3.65. The minimum atomic E-state index is -0.691. The molecule has 0 amide bonds. The number of hydrogen-bond donors (Lipinski definition) is 2. The predicted octanol–water partition coefficient (Wildman–Crippen LogP) is 4.33. The van der Waals surface area contributed by atoms with Crippen molar-refractivity contribution >= 4 is 5.90 Å². The Bertz CT molecular complexity index is 1030. The van der Waals surface area contributed by atoms with Crippen LogP contribution < -0.4 is 4.74 Å². The van der Waals surface area contributed by atoms with Crippen molar-refractivity contribution < 1.29 is 4.74 Å². The molecule has 1 aliphatic heterocycles. The van der Waals surface area contributed by atoms with Crippen molar-refractivity contribution in [2.75, 3.05) is 0 Å². The largest absolute Gasteiger partial charge is 0.422 e. The molecule has 0 saturated heterocycles. The maximum Gasteiger partial charge on any atom is 0.244 e. The zero-order valence-corrected chi connectivity index (χ0v) is 14.6. The molecule has 0 bridgehead atoms. The second-order valence-corrected chi connectivity index (χ2v) is 6.59. The van der Waals surface area contributed by atoms with Crippen molar-refractivity contribution in [1.29, 1.82) is 10.7 Å². The average Bonchev–Trinajstić information content (AvgIpc) is 3.05. The van der Waals surface area contributed by atoms with E-state index in [1.54, 1.807) is 0 Å². The minimum Gasteiger partial charge on any atom is -0.422 e. The molecule has 5 nitrogen and oxygen atoms in total. The molecule has 5 heteroatoms. The van der Waals surface area contributed by atoms with Crippen LogP contribution in [0.1, 0.15) is 28.2 Å². The van der Waals surface area contributed by atoms with Crippen LogP contribution in [0, 0.1) is 36.5 Å². The van der Waals surface area contributed by atoms with Crippen LogP contribution in [0.25, 0.3) is 11.3 Å². The molecule has 2 unspecified atom stereocenters. The Morgan fingerprint density at radius 2 is 1.92 bits per heavy atom. The summed E-state index contributed by atoms with van der Waals surface area (Å²) in [4.78, 5) is 0. The van der Waals surface area contributed by atoms with Crippen molar-refractivity contribution in [2.24, 2.45) is 5.92 Å². The zero-order valence-electron chi connectivity index (χ0n) is 14.6. The first-order valence-electron chi connectivity index (χ1n) is 8.47. The Morgan fingerprint density at radius 1 is 1.15 bits per heavy atom. The van der Waals surface area contributed by atoms with E-state index < -0.39 is 5.92 Å². The van der Waals surface area contributed by atoms with Gasteiger partial charge in [-0.2, -0.15) is 5.26 Å². The lowest BCUT2D eigenvalue weighted by Gasteiger charge is -2.29. The van der Waals surface area contributed by atoms with Crippen LogP contribution in [0.5, 0.6) is 5.88 Å². The summed E-state index contributed by atoms with van der Waals surface area (Å²) in [7, 11) is 0. The first kappa shape index (κ1) is 16.1. The molecular weight excluding hydrogens is 324 g/mol. The Labute approximate surface area is 151 Å². The fraction of sp³-hybridized carbons (Fsp3) is 0.190. The van der Waals surface area contributed by atoms with Gasteiger partial charge >= 0.3 is 0 Å². The van der Waals surface area contributed by atoms with Gasteiger partial charge in [-0.05, 0) is 30.5 Å². The number of fused-ring (bicyclic) bond motifs is 1. The second kappa shape index (κ2) is 6.16. The molecule has 0 fully saturated rings. The summed E-state index contributed by atoms with van der Waals surface area (Å²) in [5, 5.41) is 25.3. The summed E-state index contributed by atoms with van der Waals surface area (Å²) in [6.07, 6.45) is 0. The lowest BCUT2D eigenvalue weighted by Crippen LogP contribution is -2.31. The van der Waals surface area contributed by atoms with Crippen molar-refractivity contribution in [1.82, 2.24) is 10.2 Å². The topological polar surface area (TPSA) is 85.5 Å². The number of nitriles is 1. The van der Waals surface area contributed by atoms with Crippen LogP contribution >= 0.6 is 0 Å². The van der Waals surface area contributed by atoms with Gasteiger partial charge in [0.2, 0.25) is 11.8 Å². The number of nitrogens with zero attached hydrogens (tertiary/aromatic N) is 2. The van der Waals surface area contributed by atoms with Crippen molar-refractivity contribution in [2.45, 2.75) is 19.8 Å². The van der Waals surface area contributed by atoms with Gasteiger partial charge < -0.3 is 4.74 Å². The predicted molar refractivity (Wildman–Crippen MR) is 99.2 cm³/mol. The smallest absolute Gasteiger partial charge is 0.244 e. The lowest BCUT2D eigenvalue weighted by atomic mass is 9.77. The summed E-state index contributed by atoms with van der Waals surface area (Å²) in [5.74, 6) is -0.670. The monoisotopic (exact) mass is 342 g/mol. The lowest BCUT2D eigenvalue weighted by molar-refractivity contribution is 0.437. The number of hydrogen-bond acceptors (Lipinski definition) is 4. The SMILES string of the molecule is Cc1ccc(C2c3c(n[nH]c3-c3ccccc3)OC(=N)C2C#N)c(C)c1. The highest BCUT2D eigenvalue weighted by Gasteiger charge is 2.41. The Hall–Kier alpha value is -3.39. The molecule has 0 radical (unpaired) electrons. The van der Waals surface area contributed by atoms with Gasteiger partial charge in [-0.25, -0.2) is 0 Å². The highest BCUT2D eigenvalue weighted by Crippen LogP contribution is 2.46. The number of H-pyrrole nitrogens is 1. The van der Waals surface area contributed by atoms with Gasteiger partial charge in [-0.15, -0.1) is 5.10 Å². The van der Waals surface area contributed by atoms with E-state index in [0.29, 0.717) is 5.88 Å². The Balaban J connectivity index is 1.97. The molecule has 0 aliphatic carbocycles. The van der Waals surface area contributed by atoms with E-state index in [9.17, 15) is 5.26 Å². The zero-order chi connectivity index (χ0) is 18.3. The summed E-state index contributed by atoms with van der Waals surface area (Å²) in [6.45, 7) is 4.08. The molecular formula is C21H18N4O. The third-order valence-corrected chi connectivity index (χ3v) is 4.86. The summed E-state index contributed by atoms with van der Waals surface area (Å²) in [6, 6.07) is 18.3. The normalized spacial score (nSPS) is 18.7. The van der Waals surface area contributed by atoms with E-state index in [1.807, 2.05) is 56.3 Å². The summed E-state index contributed by atoms with van der Waals surface area (Å²) < 4.78 is 5.57. The van der Waals surface area contributed by atoms with Gasteiger partial charge in [0.25, 0.3) is 0 Å². The minimum absolute atomic E-state index is 0.0592. The molecule has 2 aromatic carbocycles. The van der Waals surface area contributed by atoms with Gasteiger partial charge in [0.15, 0.2) is 0 Å². The van der Waals surface area contributed by atoms with Crippen molar-refractivity contribution in [3.05, 3.63) is 70.8 Å². The van der Waals surface area contributed by atoms with Crippen LogP contribution in [-0.4, -0.2) is 16.1 Å². The molecule has 2 N–H and O–H groups in total. The van der Waals surface area contributed by atoms with E-state index in [0.717, 1.165) is 33.5 Å². The maximum absolute atomic E-state index is 9.76.